The second kappa shape index (κ2) is 6.02. The van der Waals surface area contributed by atoms with Gasteiger partial charge in [0.25, 0.3) is 0 Å². The molecule has 0 bridgehead atoms. The summed E-state index contributed by atoms with van der Waals surface area (Å²) in [6.45, 7) is 3.03. The van der Waals surface area contributed by atoms with Crippen LogP contribution in [0, 0.1) is 18.6 Å². The van der Waals surface area contributed by atoms with Crippen LogP contribution < -0.4 is 5.32 Å². The first kappa shape index (κ1) is 13.1. The quantitative estimate of drug-likeness (QED) is 0.843. The van der Waals surface area contributed by atoms with Gasteiger partial charge in [-0.05, 0) is 31.5 Å². The van der Waals surface area contributed by atoms with E-state index in [-0.39, 0.29) is 5.82 Å². The van der Waals surface area contributed by atoms with Crippen LogP contribution in [0.4, 0.5) is 8.78 Å². The second-order valence-corrected chi connectivity index (χ2v) is 4.96. The van der Waals surface area contributed by atoms with Crippen molar-refractivity contribution >= 4 is 11.3 Å². The van der Waals surface area contributed by atoms with Crippen LogP contribution in [0.5, 0.6) is 0 Å². The molecule has 18 heavy (non-hydrogen) atoms. The monoisotopic (exact) mass is 268 g/mol. The van der Waals surface area contributed by atoms with Gasteiger partial charge in [0, 0.05) is 23.5 Å². The van der Waals surface area contributed by atoms with Crippen molar-refractivity contribution < 1.29 is 8.78 Å². The number of nitrogens with zero attached hydrogens (tertiary/aromatic N) is 1. The topological polar surface area (TPSA) is 24.9 Å². The Morgan fingerprint density at radius 3 is 2.89 bits per heavy atom. The molecule has 1 aromatic carbocycles. The largest absolute Gasteiger partial charge is 0.312 e. The SMILES string of the molecule is Cc1ncsc1CCNCc1cc(F)ccc1F. The number of benzene rings is 1. The van der Waals surface area contributed by atoms with E-state index in [1.54, 1.807) is 11.3 Å². The van der Waals surface area contributed by atoms with Crippen LogP contribution in [-0.4, -0.2) is 11.5 Å². The molecule has 5 heteroatoms. The van der Waals surface area contributed by atoms with Crippen LogP contribution in [0.15, 0.2) is 23.7 Å². The Morgan fingerprint density at radius 1 is 1.33 bits per heavy atom. The summed E-state index contributed by atoms with van der Waals surface area (Å²) < 4.78 is 26.3. The van der Waals surface area contributed by atoms with Crippen molar-refractivity contribution in [3.05, 3.63) is 51.5 Å². The number of hydrogen-bond acceptors (Lipinski definition) is 3. The summed E-state index contributed by atoms with van der Waals surface area (Å²) in [6.07, 6.45) is 0.855. The maximum absolute atomic E-state index is 13.3. The van der Waals surface area contributed by atoms with Crippen LogP contribution in [0.2, 0.25) is 0 Å². The lowest BCUT2D eigenvalue weighted by molar-refractivity contribution is 0.569. The summed E-state index contributed by atoms with van der Waals surface area (Å²) in [5, 5.41) is 3.11. The van der Waals surface area contributed by atoms with E-state index in [1.165, 1.54) is 10.9 Å². The minimum absolute atomic E-state index is 0.335. The smallest absolute Gasteiger partial charge is 0.127 e. The van der Waals surface area contributed by atoms with Gasteiger partial charge in [0.05, 0.1) is 11.2 Å². The molecular formula is C13H14F2N2S. The summed E-state index contributed by atoms with van der Waals surface area (Å²) in [6, 6.07) is 3.50. The average molecular weight is 268 g/mol. The average Bonchev–Trinajstić information content (AvgIpc) is 2.75. The third-order valence-electron chi connectivity index (χ3n) is 2.70. The molecule has 1 aromatic heterocycles. The lowest BCUT2D eigenvalue weighted by atomic mass is 10.2. The molecule has 96 valence electrons. The molecule has 0 saturated carbocycles. The van der Waals surface area contributed by atoms with Crippen molar-refractivity contribution in [2.75, 3.05) is 6.54 Å². The number of aryl methyl sites for hydroxylation is 1. The molecule has 0 radical (unpaired) electrons. The molecule has 0 spiro atoms. The second-order valence-electron chi connectivity index (χ2n) is 4.02. The van der Waals surface area contributed by atoms with Gasteiger partial charge in [0.1, 0.15) is 11.6 Å². The molecule has 0 aliphatic heterocycles. The molecule has 0 fully saturated rings. The molecule has 1 N–H and O–H groups in total. The fourth-order valence-corrected chi connectivity index (χ4v) is 2.45. The Balaban J connectivity index is 1.82. The predicted octanol–water partition coefficient (Wildman–Crippen LogP) is 3.06. The standard InChI is InChI=1S/C13H14F2N2S/c1-9-13(18-8-17-9)4-5-16-7-10-6-11(14)2-3-12(10)15/h2-3,6,8,16H,4-5,7H2,1H3. The van der Waals surface area contributed by atoms with Crippen LogP contribution in [0.1, 0.15) is 16.1 Å². The number of aromatic nitrogens is 1. The number of rotatable bonds is 5. The fourth-order valence-electron chi connectivity index (χ4n) is 1.67. The zero-order chi connectivity index (χ0) is 13.0. The molecule has 2 aromatic rings. The maximum Gasteiger partial charge on any atom is 0.127 e. The van der Waals surface area contributed by atoms with Gasteiger partial charge in [-0.15, -0.1) is 11.3 Å². The van der Waals surface area contributed by atoms with Crippen molar-refractivity contribution in [2.24, 2.45) is 0 Å². The van der Waals surface area contributed by atoms with E-state index < -0.39 is 5.82 Å². The highest BCUT2D eigenvalue weighted by molar-refractivity contribution is 7.09. The van der Waals surface area contributed by atoms with Gasteiger partial charge in [-0.3, -0.25) is 0 Å². The van der Waals surface area contributed by atoms with Gasteiger partial charge in [0.2, 0.25) is 0 Å². The Kier molecular flexibility index (Phi) is 4.38. The Bertz CT molecular complexity index is 525. The third-order valence-corrected chi connectivity index (χ3v) is 3.69. The summed E-state index contributed by atoms with van der Waals surface area (Å²) in [7, 11) is 0. The molecule has 0 saturated heterocycles. The Labute approximate surface area is 109 Å². The lowest BCUT2D eigenvalue weighted by Gasteiger charge is -2.05. The molecule has 0 aliphatic rings. The summed E-state index contributed by atoms with van der Waals surface area (Å²) in [5.74, 6) is -0.788. The van der Waals surface area contributed by atoms with Crippen LogP contribution in [0.25, 0.3) is 0 Å². The normalized spacial score (nSPS) is 10.8. The number of nitrogens with one attached hydrogen (secondary N) is 1. The summed E-state index contributed by atoms with van der Waals surface area (Å²) in [4.78, 5) is 5.38. The molecule has 0 amide bonds. The van der Waals surface area contributed by atoms with E-state index in [2.05, 4.69) is 10.3 Å². The van der Waals surface area contributed by atoms with Gasteiger partial charge in [-0.1, -0.05) is 0 Å². The van der Waals surface area contributed by atoms with Crippen LogP contribution in [-0.2, 0) is 13.0 Å². The highest BCUT2D eigenvalue weighted by Crippen LogP contribution is 2.12. The van der Waals surface area contributed by atoms with Crippen LogP contribution >= 0.6 is 11.3 Å². The zero-order valence-corrected chi connectivity index (χ0v) is 10.9. The van der Waals surface area contributed by atoms with Crippen molar-refractivity contribution in [2.45, 2.75) is 19.9 Å². The van der Waals surface area contributed by atoms with Crippen molar-refractivity contribution in [1.29, 1.82) is 0 Å². The molecule has 1 heterocycles. The van der Waals surface area contributed by atoms with E-state index >= 15 is 0 Å². The van der Waals surface area contributed by atoms with Gasteiger partial charge in [-0.2, -0.15) is 0 Å². The number of halogens is 2. The van der Waals surface area contributed by atoms with Crippen molar-refractivity contribution in [3.63, 3.8) is 0 Å². The van der Waals surface area contributed by atoms with Gasteiger partial charge >= 0.3 is 0 Å². The van der Waals surface area contributed by atoms with Crippen LogP contribution in [0.3, 0.4) is 0 Å². The first-order valence-corrected chi connectivity index (χ1v) is 6.58. The van der Waals surface area contributed by atoms with Crippen molar-refractivity contribution in [1.82, 2.24) is 10.3 Å². The minimum atomic E-state index is -0.411. The molecule has 2 nitrogen and oxygen atoms in total. The first-order valence-electron chi connectivity index (χ1n) is 5.70. The minimum Gasteiger partial charge on any atom is -0.312 e. The van der Waals surface area contributed by atoms with Gasteiger partial charge in [-0.25, -0.2) is 13.8 Å². The predicted molar refractivity (Wildman–Crippen MR) is 68.6 cm³/mol. The maximum atomic E-state index is 13.3. The third kappa shape index (κ3) is 3.34. The van der Waals surface area contributed by atoms with Gasteiger partial charge < -0.3 is 5.32 Å². The highest BCUT2D eigenvalue weighted by Gasteiger charge is 2.04. The summed E-state index contributed by atoms with van der Waals surface area (Å²) in [5.41, 5.74) is 3.21. The van der Waals surface area contributed by atoms with E-state index in [4.69, 9.17) is 0 Å². The fraction of sp³-hybridized carbons (Fsp3) is 0.308. The highest BCUT2D eigenvalue weighted by atomic mass is 32.1. The number of thiazole rings is 1. The molecule has 0 atom stereocenters. The molecular weight excluding hydrogens is 254 g/mol. The molecule has 0 aliphatic carbocycles. The zero-order valence-electron chi connectivity index (χ0n) is 10.0. The Hall–Kier alpha value is -1.33. The number of hydrogen-bond donors (Lipinski definition) is 1. The van der Waals surface area contributed by atoms with E-state index in [0.29, 0.717) is 12.1 Å². The Morgan fingerprint density at radius 2 is 2.17 bits per heavy atom. The molecule has 2 rings (SSSR count). The van der Waals surface area contributed by atoms with Crippen molar-refractivity contribution in [3.8, 4) is 0 Å². The van der Waals surface area contributed by atoms with Gasteiger partial charge in [0.15, 0.2) is 0 Å². The van der Waals surface area contributed by atoms with E-state index in [9.17, 15) is 8.78 Å². The summed E-state index contributed by atoms with van der Waals surface area (Å²) >= 11 is 1.62. The van der Waals surface area contributed by atoms with E-state index in [0.717, 1.165) is 30.8 Å². The lowest BCUT2D eigenvalue weighted by Crippen LogP contribution is -2.17. The molecule has 0 unspecified atom stereocenters. The first-order chi connectivity index (χ1) is 8.66. The van der Waals surface area contributed by atoms with E-state index in [1.807, 2.05) is 12.4 Å².